The highest BCUT2D eigenvalue weighted by atomic mass is 19.1. The van der Waals surface area contributed by atoms with Crippen LogP contribution in [0.3, 0.4) is 0 Å². The van der Waals surface area contributed by atoms with Gasteiger partial charge in [-0.05, 0) is 29.8 Å². The van der Waals surface area contributed by atoms with Gasteiger partial charge in [-0.15, -0.1) is 0 Å². The van der Waals surface area contributed by atoms with Crippen LogP contribution >= 0.6 is 0 Å². The van der Waals surface area contributed by atoms with Gasteiger partial charge in [-0.2, -0.15) is 10.2 Å². The van der Waals surface area contributed by atoms with Crippen molar-refractivity contribution in [3.05, 3.63) is 66.9 Å². The second-order valence-electron chi connectivity index (χ2n) is 7.34. The van der Waals surface area contributed by atoms with Crippen LogP contribution in [0.2, 0.25) is 0 Å². The van der Waals surface area contributed by atoms with Crippen molar-refractivity contribution in [2.45, 2.75) is 0 Å². The Bertz CT molecular complexity index is 1580. The maximum absolute atomic E-state index is 14.1. The molecule has 2 aromatic carbocycles. The van der Waals surface area contributed by atoms with Gasteiger partial charge in [-0.3, -0.25) is 15.2 Å². The molecule has 0 aliphatic rings. The van der Waals surface area contributed by atoms with E-state index < -0.39 is 0 Å². The summed E-state index contributed by atoms with van der Waals surface area (Å²) in [5.41, 5.74) is 6.14. The number of hydrogen-bond acceptors (Lipinski definition) is 5. The first-order valence-electron chi connectivity index (χ1n) is 9.87. The van der Waals surface area contributed by atoms with E-state index in [-0.39, 0.29) is 5.82 Å². The average molecular weight is 425 g/mol. The summed E-state index contributed by atoms with van der Waals surface area (Å²) in [5.74, 6) is 0.682. The lowest BCUT2D eigenvalue weighted by Gasteiger charge is -2.06. The van der Waals surface area contributed by atoms with Crippen LogP contribution in [0.15, 0.2) is 61.1 Å². The molecule has 0 atom stereocenters. The van der Waals surface area contributed by atoms with E-state index in [2.05, 4.69) is 30.4 Å². The van der Waals surface area contributed by atoms with Gasteiger partial charge in [0.2, 0.25) is 0 Å². The molecule has 6 rings (SSSR count). The molecule has 0 aliphatic heterocycles. The summed E-state index contributed by atoms with van der Waals surface area (Å²) in [6, 6.07) is 12.3. The van der Waals surface area contributed by atoms with Crippen molar-refractivity contribution >= 4 is 21.9 Å². The smallest absolute Gasteiger partial charge is 0.159 e. The summed E-state index contributed by atoms with van der Waals surface area (Å²) in [5, 5.41) is 15.1. The molecule has 8 nitrogen and oxygen atoms in total. The van der Waals surface area contributed by atoms with Gasteiger partial charge in [0.25, 0.3) is 0 Å². The standard InChI is InChI=1S/C23H16FN7O/c1-32-15-6-12(5-14(24)7-15)16-3-2-4-18-21(16)29-23(28-18)22-17-8-19(13-9-26-27-10-13)25-11-20(17)30-31-22/h2-11H,1H3,(H,26,27)(H,28,29)(H,30,31). The van der Waals surface area contributed by atoms with Gasteiger partial charge >= 0.3 is 0 Å². The molecule has 0 spiro atoms. The minimum Gasteiger partial charge on any atom is -0.497 e. The number of methoxy groups -OCH3 is 1. The number of H-pyrrole nitrogens is 3. The largest absolute Gasteiger partial charge is 0.497 e. The first kappa shape index (κ1) is 18.3. The molecule has 0 radical (unpaired) electrons. The number of imidazole rings is 1. The lowest BCUT2D eigenvalue weighted by Crippen LogP contribution is -1.88. The Morgan fingerprint density at radius 1 is 1.00 bits per heavy atom. The van der Waals surface area contributed by atoms with E-state index >= 15 is 0 Å². The molecule has 32 heavy (non-hydrogen) atoms. The first-order chi connectivity index (χ1) is 15.7. The van der Waals surface area contributed by atoms with Crippen LogP contribution in [0.4, 0.5) is 4.39 Å². The number of ether oxygens (including phenoxy) is 1. The zero-order valence-corrected chi connectivity index (χ0v) is 16.8. The van der Waals surface area contributed by atoms with Crippen LogP contribution in [0.25, 0.3) is 55.8 Å². The topological polar surface area (TPSA) is 108 Å². The number of aromatic nitrogens is 7. The highest BCUT2D eigenvalue weighted by Gasteiger charge is 2.17. The predicted molar refractivity (Wildman–Crippen MR) is 119 cm³/mol. The number of benzene rings is 2. The molecule has 0 bridgehead atoms. The zero-order valence-electron chi connectivity index (χ0n) is 16.8. The van der Waals surface area contributed by atoms with Gasteiger partial charge in [0, 0.05) is 28.8 Å². The van der Waals surface area contributed by atoms with Gasteiger partial charge in [0.15, 0.2) is 5.82 Å². The third-order valence-electron chi connectivity index (χ3n) is 5.40. The number of para-hydroxylation sites is 1. The highest BCUT2D eigenvalue weighted by Crippen LogP contribution is 2.34. The molecule has 0 aliphatic carbocycles. The summed E-state index contributed by atoms with van der Waals surface area (Å²) in [6.45, 7) is 0. The van der Waals surface area contributed by atoms with Gasteiger partial charge in [-0.1, -0.05) is 12.1 Å². The van der Waals surface area contributed by atoms with Crippen molar-refractivity contribution in [3.63, 3.8) is 0 Å². The van der Waals surface area contributed by atoms with Crippen LogP contribution < -0.4 is 4.74 Å². The molecule has 0 saturated carbocycles. The fourth-order valence-corrected chi connectivity index (χ4v) is 3.86. The van der Waals surface area contributed by atoms with Gasteiger partial charge < -0.3 is 9.72 Å². The Balaban J connectivity index is 1.51. The molecule has 4 aromatic heterocycles. The molecule has 156 valence electrons. The molecule has 0 saturated heterocycles. The van der Waals surface area contributed by atoms with Gasteiger partial charge in [-0.25, -0.2) is 9.37 Å². The average Bonchev–Trinajstić information content (AvgIpc) is 3.56. The van der Waals surface area contributed by atoms with Gasteiger partial charge in [0.05, 0.1) is 41.7 Å². The summed E-state index contributed by atoms with van der Waals surface area (Å²) in [6.07, 6.45) is 5.24. The lowest BCUT2D eigenvalue weighted by molar-refractivity contribution is 0.411. The molecule has 0 unspecified atom stereocenters. The molecule has 6 aromatic rings. The van der Waals surface area contributed by atoms with Crippen LogP contribution in [0.5, 0.6) is 5.75 Å². The van der Waals surface area contributed by atoms with E-state index in [0.717, 1.165) is 38.8 Å². The Morgan fingerprint density at radius 2 is 1.94 bits per heavy atom. The summed E-state index contributed by atoms with van der Waals surface area (Å²) in [7, 11) is 1.52. The number of fused-ring (bicyclic) bond motifs is 2. The quantitative estimate of drug-likeness (QED) is 0.379. The minimum absolute atomic E-state index is 0.371. The number of hydrogen-bond donors (Lipinski definition) is 3. The highest BCUT2D eigenvalue weighted by molar-refractivity contribution is 5.97. The zero-order chi connectivity index (χ0) is 21.7. The summed E-state index contributed by atoms with van der Waals surface area (Å²) in [4.78, 5) is 12.6. The minimum atomic E-state index is -0.371. The van der Waals surface area contributed by atoms with Crippen LogP contribution in [0, 0.1) is 5.82 Å². The second-order valence-corrected chi connectivity index (χ2v) is 7.34. The van der Waals surface area contributed by atoms with E-state index in [0.29, 0.717) is 22.8 Å². The Hall–Kier alpha value is -4.53. The van der Waals surface area contributed by atoms with Crippen molar-refractivity contribution in [1.82, 2.24) is 35.3 Å². The fraction of sp³-hybridized carbons (Fsp3) is 0.0435. The van der Waals surface area contributed by atoms with Crippen molar-refractivity contribution in [2.75, 3.05) is 7.11 Å². The van der Waals surface area contributed by atoms with Crippen molar-refractivity contribution in [1.29, 1.82) is 0 Å². The SMILES string of the molecule is COc1cc(F)cc(-c2cccc3[nH]c(-c4n[nH]c5cnc(-c6cn[nH]c6)cc45)nc23)c1. The monoisotopic (exact) mass is 425 g/mol. The molecular weight excluding hydrogens is 409 g/mol. The maximum atomic E-state index is 14.1. The number of nitrogens with one attached hydrogen (secondary N) is 3. The Kier molecular flexibility index (Phi) is 4.00. The van der Waals surface area contributed by atoms with E-state index in [4.69, 9.17) is 9.72 Å². The second kappa shape index (κ2) is 7.02. The first-order valence-corrected chi connectivity index (χ1v) is 9.87. The number of halogens is 1. The lowest BCUT2D eigenvalue weighted by atomic mass is 10.0. The normalized spacial score (nSPS) is 11.4. The number of nitrogens with zero attached hydrogens (tertiary/aromatic N) is 4. The molecule has 0 fully saturated rings. The molecule has 9 heteroatoms. The number of aromatic amines is 3. The molecular formula is C23H16FN7O. The number of rotatable bonds is 4. The van der Waals surface area contributed by atoms with Crippen LogP contribution in [0.1, 0.15) is 0 Å². The summed E-state index contributed by atoms with van der Waals surface area (Å²) < 4.78 is 19.4. The third kappa shape index (κ3) is 2.90. The predicted octanol–water partition coefficient (Wildman–Crippen LogP) is 4.71. The number of pyridine rings is 1. The van der Waals surface area contributed by atoms with Crippen LogP contribution in [-0.4, -0.2) is 42.5 Å². The van der Waals surface area contributed by atoms with E-state index in [9.17, 15) is 4.39 Å². The molecule has 0 amide bonds. The van der Waals surface area contributed by atoms with Crippen LogP contribution in [-0.2, 0) is 0 Å². The fourth-order valence-electron chi connectivity index (χ4n) is 3.86. The van der Waals surface area contributed by atoms with Crippen molar-refractivity contribution in [2.24, 2.45) is 0 Å². The van der Waals surface area contributed by atoms with Crippen molar-refractivity contribution in [3.8, 4) is 39.7 Å². The Morgan fingerprint density at radius 3 is 2.78 bits per heavy atom. The van der Waals surface area contributed by atoms with E-state index in [1.807, 2.05) is 24.3 Å². The maximum Gasteiger partial charge on any atom is 0.159 e. The molecule has 3 N–H and O–H groups in total. The summed E-state index contributed by atoms with van der Waals surface area (Å²) >= 11 is 0. The van der Waals surface area contributed by atoms with E-state index in [1.54, 1.807) is 24.7 Å². The van der Waals surface area contributed by atoms with E-state index in [1.165, 1.54) is 19.2 Å². The molecule has 4 heterocycles. The third-order valence-corrected chi connectivity index (χ3v) is 5.40. The van der Waals surface area contributed by atoms with Crippen molar-refractivity contribution < 1.29 is 9.13 Å². The van der Waals surface area contributed by atoms with Gasteiger partial charge in [0.1, 0.15) is 17.3 Å². The Labute approximate surface area is 180 Å².